The van der Waals surface area contributed by atoms with Gasteiger partial charge in [-0.05, 0) is 12.1 Å². The fraction of sp³-hybridized carbons (Fsp3) is 0.300. The first-order chi connectivity index (χ1) is 7.63. The van der Waals surface area contributed by atoms with E-state index in [0.717, 1.165) is 0 Å². The second-order valence-electron chi connectivity index (χ2n) is 3.06. The van der Waals surface area contributed by atoms with E-state index in [4.69, 9.17) is 5.73 Å². The number of esters is 1. The van der Waals surface area contributed by atoms with Crippen molar-refractivity contribution in [1.82, 2.24) is 10.3 Å². The van der Waals surface area contributed by atoms with Crippen molar-refractivity contribution >= 4 is 30.0 Å². The van der Waals surface area contributed by atoms with Gasteiger partial charge in [-0.3, -0.25) is 9.59 Å². The zero-order valence-corrected chi connectivity index (χ0v) is 10.1. The molecule has 0 atom stereocenters. The van der Waals surface area contributed by atoms with Crippen LogP contribution in [-0.2, 0) is 9.53 Å². The predicted molar refractivity (Wildman–Crippen MR) is 64.9 cm³/mol. The van der Waals surface area contributed by atoms with E-state index in [1.807, 2.05) is 0 Å². The number of hydrogen-bond donors (Lipinski definition) is 2. The number of nitrogens with zero attached hydrogens (tertiary/aromatic N) is 1. The monoisotopic (exact) mass is 259 g/mol. The van der Waals surface area contributed by atoms with Crippen molar-refractivity contribution in [2.24, 2.45) is 0 Å². The number of rotatable bonds is 4. The third-order valence-electron chi connectivity index (χ3n) is 1.86. The van der Waals surface area contributed by atoms with Gasteiger partial charge in [0.15, 0.2) is 0 Å². The third kappa shape index (κ3) is 5.17. The number of methoxy groups -OCH3 is 1. The fourth-order valence-corrected chi connectivity index (χ4v) is 1.01. The smallest absolute Gasteiger partial charge is 0.307 e. The van der Waals surface area contributed by atoms with Crippen LogP contribution in [0.2, 0.25) is 0 Å². The largest absolute Gasteiger partial charge is 0.469 e. The quantitative estimate of drug-likeness (QED) is 0.763. The van der Waals surface area contributed by atoms with E-state index >= 15 is 0 Å². The van der Waals surface area contributed by atoms with E-state index < -0.39 is 0 Å². The molecular formula is C10H14ClN3O3. The van der Waals surface area contributed by atoms with Crippen LogP contribution in [0, 0.1) is 0 Å². The molecule has 1 amide bonds. The molecule has 7 heteroatoms. The molecule has 0 fully saturated rings. The Morgan fingerprint density at radius 1 is 1.47 bits per heavy atom. The molecule has 0 aliphatic rings. The van der Waals surface area contributed by atoms with E-state index in [9.17, 15) is 9.59 Å². The molecule has 3 N–H and O–H groups in total. The molecule has 94 valence electrons. The van der Waals surface area contributed by atoms with E-state index in [-0.39, 0.29) is 42.9 Å². The summed E-state index contributed by atoms with van der Waals surface area (Å²) in [6.45, 7) is 0.220. The topological polar surface area (TPSA) is 94.3 Å². The van der Waals surface area contributed by atoms with Gasteiger partial charge in [-0.25, -0.2) is 4.98 Å². The Labute approximate surface area is 105 Å². The number of pyridine rings is 1. The molecular weight excluding hydrogens is 246 g/mol. The van der Waals surface area contributed by atoms with Crippen LogP contribution < -0.4 is 11.1 Å². The summed E-state index contributed by atoms with van der Waals surface area (Å²) in [5.74, 6) is -0.713. The van der Waals surface area contributed by atoms with Gasteiger partial charge in [-0.2, -0.15) is 0 Å². The lowest BCUT2D eigenvalue weighted by Crippen LogP contribution is -2.27. The van der Waals surface area contributed by atoms with E-state index in [2.05, 4.69) is 15.0 Å². The maximum absolute atomic E-state index is 11.5. The van der Waals surface area contributed by atoms with E-state index in [1.165, 1.54) is 19.4 Å². The number of halogens is 1. The highest BCUT2D eigenvalue weighted by Crippen LogP contribution is 2.00. The zero-order chi connectivity index (χ0) is 12.0. The Kier molecular flexibility index (Phi) is 6.65. The molecule has 0 saturated heterocycles. The molecule has 0 radical (unpaired) electrons. The average Bonchev–Trinajstić information content (AvgIpc) is 2.29. The van der Waals surface area contributed by atoms with Crippen molar-refractivity contribution in [2.45, 2.75) is 6.42 Å². The van der Waals surface area contributed by atoms with Crippen LogP contribution in [0.15, 0.2) is 18.3 Å². The van der Waals surface area contributed by atoms with Crippen molar-refractivity contribution < 1.29 is 14.3 Å². The van der Waals surface area contributed by atoms with Crippen LogP contribution in [-0.4, -0.2) is 30.5 Å². The first-order valence-electron chi connectivity index (χ1n) is 4.70. The van der Waals surface area contributed by atoms with Gasteiger partial charge in [0.05, 0.1) is 25.4 Å². The molecule has 0 spiro atoms. The minimum atomic E-state index is -0.370. The normalized spacial score (nSPS) is 9.00. The molecule has 0 bridgehead atoms. The van der Waals surface area contributed by atoms with Crippen LogP contribution in [0.25, 0.3) is 0 Å². The van der Waals surface area contributed by atoms with Crippen molar-refractivity contribution in [3.8, 4) is 0 Å². The van der Waals surface area contributed by atoms with Gasteiger partial charge in [0.1, 0.15) is 5.69 Å². The molecule has 0 unspecified atom stereocenters. The average molecular weight is 260 g/mol. The number of hydrogen-bond acceptors (Lipinski definition) is 5. The summed E-state index contributed by atoms with van der Waals surface area (Å²) in [5, 5.41) is 2.54. The van der Waals surface area contributed by atoms with Crippen molar-refractivity contribution in [3.05, 3.63) is 24.0 Å². The third-order valence-corrected chi connectivity index (χ3v) is 1.86. The summed E-state index contributed by atoms with van der Waals surface area (Å²) in [5.41, 5.74) is 6.18. The molecule has 6 nitrogen and oxygen atoms in total. The Hall–Kier alpha value is -1.82. The Morgan fingerprint density at radius 2 is 2.18 bits per heavy atom. The molecule has 1 aromatic rings. The number of amides is 1. The number of nitrogens with one attached hydrogen (secondary N) is 1. The second-order valence-corrected chi connectivity index (χ2v) is 3.06. The lowest BCUT2D eigenvalue weighted by atomic mass is 10.3. The highest BCUT2D eigenvalue weighted by atomic mass is 35.5. The first kappa shape index (κ1) is 15.2. The second kappa shape index (κ2) is 7.45. The van der Waals surface area contributed by atoms with Crippen molar-refractivity contribution in [2.75, 3.05) is 19.4 Å². The van der Waals surface area contributed by atoms with Crippen LogP contribution in [0.5, 0.6) is 0 Å². The standard InChI is InChI=1S/C10H13N3O3.ClH/c1-16-9(14)4-5-12-10(15)8-3-2-7(11)6-13-8;/h2-3,6H,4-5,11H2,1H3,(H,12,15);1H. The van der Waals surface area contributed by atoms with Crippen LogP contribution in [0.4, 0.5) is 5.69 Å². The van der Waals surface area contributed by atoms with Crippen molar-refractivity contribution in [3.63, 3.8) is 0 Å². The SMILES string of the molecule is COC(=O)CCNC(=O)c1ccc(N)cn1.Cl. The first-order valence-corrected chi connectivity index (χ1v) is 4.70. The van der Waals surface area contributed by atoms with Gasteiger partial charge in [0.2, 0.25) is 0 Å². The molecule has 1 heterocycles. The van der Waals surface area contributed by atoms with Gasteiger partial charge >= 0.3 is 5.97 Å². The Morgan fingerprint density at radius 3 is 2.71 bits per heavy atom. The lowest BCUT2D eigenvalue weighted by Gasteiger charge is -2.03. The summed E-state index contributed by atoms with van der Waals surface area (Å²) in [6, 6.07) is 3.10. The summed E-state index contributed by atoms with van der Waals surface area (Å²) in [4.78, 5) is 26.1. The summed E-state index contributed by atoms with van der Waals surface area (Å²) >= 11 is 0. The maximum atomic E-state index is 11.5. The Bertz CT molecular complexity index is 381. The van der Waals surface area contributed by atoms with Gasteiger partial charge in [-0.15, -0.1) is 12.4 Å². The number of carbonyl (C=O) groups excluding carboxylic acids is 2. The molecule has 0 aromatic carbocycles. The molecule has 0 aliphatic heterocycles. The highest BCUT2D eigenvalue weighted by Gasteiger charge is 2.07. The molecule has 17 heavy (non-hydrogen) atoms. The molecule has 1 aromatic heterocycles. The molecule has 1 rings (SSSR count). The molecule has 0 saturated carbocycles. The number of ether oxygens (including phenoxy) is 1. The number of carbonyl (C=O) groups is 2. The van der Waals surface area contributed by atoms with Crippen LogP contribution in [0.3, 0.4) is 0 Å². The number of nitrogen functional groups attached to an aromatic ring is 1. The Balaban J connectivity index is 0.00000256. The van der Waals surface area contributed by atoms with Gasteiger partial charge in [-0.1, -0.05) is 0 Å². The minimum Gasteiger partial charge on any atom is -0.469 e. The van der Waals surface area contributed by atoms with Crippen LogP contribution in [0.1, 0.15) is 16.9 Å². The van der Waals surface area contributed by atoms with Crippen LogP contribution >= 0.6 is 12.4 Å². The summed E-state index contributed by atoms with van der Waals surface area (Å²) in [7, 11) is 1.30. The molecule has 0 aliphatic carbocycles. The van der Waals surface area contributed by atoms with E-state index in [0.29, 0.717) is 5.69 Å². The van der Waals surface area contributed by atoms with Gasteiger partial charge in [0.25, 0.3) is 5.91 Å². The minimum absolute atomic E-state index is 0. The van der Waals surface area contributed by atoms with E-state index in [1.54, 1.807) is 6.07 Å². The van der Waals surface area contributed by atoms with Gasteiger partial charge < -0.3 is 15.8 Å². The fourth-order valence-electron chi connectivity index (χ4n) is 1.01. The summed E-state index contributed by atoms with van der Waals surface area (Å²) < 4.78 is 4.43. The lowest BCUT2D eigenvalue weighted by molar-refractivity contribution is -0.140. The van der Waals surface area contributed by atoms with Crippen molar-refractivity contribution in [1.29, 1.82) is 0 Å². The number of anilines is 1. The van der Waals surface area contributed by atoms with Gasteiger partial charge in [0, 0.05) is 6.54 Å². The summed E-state index contributed by atoms with van der Waals surface area (Å²) in [6.07, 6.45) is 1.53. The zero-order valence-electron chi connectivity index (χ0n) is 9.30. The maximum Gasteiger partial charge on any atom is 0.307 e. The number of aromatic nitrogens is 1. The highest BCUT2D eigenvalue weighted by molar-refractivity contribution is 5.92. The predicted octanol–water partition coefficient (Wildman–Crippen LogP) is 0.378. The number of nitrogens with two attached hydrogens (primary N) is 1.